The number of aliphatic hydroxyl groups is 2. The Labute approximate surface area is 386 Å². The second kappa shape index (κ2) is 19.2. The van der Waals surface area contributed by atoms with Crippen molar-refractivity contribution < 1.29 is 24.5 Å². The maximum atomic E-state index is 14.9. The van der Waals surface area contributed by atoms with E-state index in [0.29, 0.717) is 34.1 Å². The van der Waals surface area contributed by atoms with Gasteiger partial charge in [0, 0.05) is 47.8 Å². The number of nitrogens with one attached hydrogen (secondary N) is 4. The van der Waals surface area contributed by atoms with E-state index in [1.165, 1.54) is 0 Å². The van der Waals surface area contributed by atoms with Crippen LogP contribution >= 0.6 is 46.4 Å². The number of aliphatic hydroxyl groups excluding tert-OH is 2. The summed E-state index contributed by atoms with van der Waals surface area (Å²) in [6.07, 6.45) is 1.37. The zero-order valence-corrected chi connectivity index (χ0v) is 37.0. The van der Waals surface area contributed by atoms with Crippen molar-refractivity contribution in [3.8, 4) is 22.6 Å². The quantitative estimate of drug-likeness (QED) is 0.0473. The topological polar surface area (TPSA) is 195 Å². The second-order valence-electron chi connectivity index (χ2n) is 14.6. The van der Waals surface area contributed by atoms with Crippen LogP contribution in [0.1, 0.15) is 52.5 Å². The molecule has 64 heavy (non-hydrogen) atoms. The number of ether oxygens (including phenoxy) is 1. The van der Waals surface area contributed by atoms with Gasteiger partial charge in [0.1, 0.15) is 5.75 Å². The number of aromatic amines is 1. The maximum Gasteiger partial charge on any atom is 0.260 e. The zero-order chi connectivity index (χ0) is 45.1. The lowest BCUT2D eigenvalue weighted by Gasteiger charge is -2.26. The maximum absolute atomic E-state index is 14.9. The number of halogens is 4. The molecule has 5 aromatic carbocycles. The summed E-state index contributed by atoms with van der Waals surface area (Å²) in [6, 6.07) is 25.3. The van der Waals surface area contributed by atoms with Gasteiger partial charge in [-0.05, 0) is 60.5 Å². The third-order valence-electron chi connectivity index (χ3n) is 10.3. The minimum absolute atomic E-state index is 0.0835. The highest BCUT2D eigenvalue weighted by molar-refractivity contribution is 6.40. The summed E-state index contributed by atoms with van der Waals surface area (Å²) in [4.78, 5) is 61.1. The van der Waals surface area contributed by atoms with Crippen LogP contribution in [0.5, 0.6) is 11.5 Å². The molecule has 0 aliphatic heterocycles. The summed E-state index contributed by atoms with van der Waals surface area (Å²) >= 11 is 26.7. The number of hydrogen-bond donors (Lipinski definition) is 6. The molecule has 0 bridgehead atoms. The van der Waals surface area contributed by atoms with Crippen molar-refractivity contribution in [2.24, 2.45) is 0 Å². The SMILES string of the molecule is CCCCC(=O)c1c2c3c(c(Nc4cc(Nc5nc(Nc6ccccc6Cl)nc(N(CCO)CCO)n5)ccc4Cl)cc(Oc4ccccc4Cl)c3[nH]c1=O)C(=O)c1c(Cl)cccc1-2. The van der Waals surface area contributed by atoms with E-state index >= 15 is 0 Å². The zero-order valence-electron chi connectivity index (χ0n) is 33.9. The van der Waals surface area contributed by atoms with Crippen molar-refractivity contribution in [2.75, 3.05) is 47.2 Å². The van der Waals surface area contributed by atoms with Crippen LogP contribution in [0.15, 0.2) is 95.8 Å². The average Bonchev–Trinajstić information content (AvgIpc) is 3.27. The molecule has 7 aromatic rings. The minimum Gasteiger partial charge on any atom is -0.454 e. The highest BCUT2D eigenvalue weighted by atomic mass is 35.5. The molecule has 0 atom stereocenters. The number of aromatic nitrogens is 4. The first-order valence-electron chi connectivity index (χ1n) is 20.1. The van der Waals surface area contributed by atoms with Crippen LogP contribution in [0.25, 0.3) is 22.0 Å². The molecule has 14 nitrogen and oxygen atoms in total. The Balaban J connectivity index is 1.28. The highest BCUT2D eigenvalue weighted by Gasteiger charge is 2.36. The lowest BCUT2D eigenvalue weighted by Crippen LogP contribution is -2.31. The third-order valence-corrected chi connectivity index (χ3v) is 11.6. The number of unbranched alkanes of at least 4 members (excludes halogenated alkanes) is 1. The molecule has 0 saturated carbocycles. The smallest absolute Gasteiger partial charge is 0.260 e. The molecule has 2 heterocycles. The fourth-order valence-corrected chi connectivity index (χ4v) is 8.20. The lowest BCUT2D eigenvalue weighted by molar-refractivity contribution is 0.0977. The van der Waals surface area contributed by atoms with Crippen LogP contribution in [-0.4, -0.2) is 68.0 Å². The fraction of sp³-hybridized carbons (Fsp3) is 0.174. The van der Waals surface area contributed by atoms with E-state index in [0.717, 1.165) is 6.42 Å². The molecular weight excluding hydrogens is 902 g/mol. The highest BCUT2D eigenvalue weighted by Crippen LogP contribution is 2.49. The van der Waals surface area contributed by atoms with Gasteiger partial charge >= 0.3 is 0 Å². The van der Waals surface area contributed by atoms with Crippen molar-refractivity contribution in [1.29, 1.82) is 0 Å². The number of ketones is 2. The number of fused-ring (bicyclic) bond motifs is 2. The molecule has 0 saturated heterocycles. The predicted octanol–water partition coefficient (Wildman–Crippen LogP) is 10.7. The summed E-state index contributed by atoms with van der Waals surface area (Å²) in [5.41, 5.74) is 1.74. The van der Waals surface area contributed by atoms with Crippen LogP contribution in [0, 0.1) is 0 Å². The van der Waals surface area contributed by atoms with Crippen molar-refractivity contribution >= 4 is 109 Å². The van der Waals surface area contributed by atoms with Gasteiger partial charge in [0.15, 0.2) is 17.3 Å². The van der Waals surface area contributed by atoms with E-state index in [-0.39, 0.29) is 122 Å². The van der Waals surface area contributed by atoms with E-state index in [1.54, 1.807) is 95.9 Å². The van der Waals surface area contributed by atoms with Gasteiger partial charge in [-0.1, -0.05) is 96.1 Å². The normalized spacial score (nSPS) is 11.6. The summed E-state index contributed by atoms with van der Waals surface area (Å²) in [7, 11) is 0. The lowest BCUT2D eigenvalue weighted by atomic mass is 9.80. The van der Waals surface area contributed by atoms with Crippen LogP contribution in [0.4, 0.5) is 40.6 Å². The van der Waals surface area contributed by atoms with Gasteiger partial charge in [0.25, 0.3) is 5.56 Å². The van der Waals surface area contributed by atoms with Gasteiger partial charge in [-0.15, -0.1) is 0 Å². The van der Waals surface area contributed by atoms with Gasteiger partial charge in [-0.25, -0.2) is 0 Å². The van der Waals surface area contributed by atoms with Crippen LogP contribution in [0.3, 0.4) is 0 Å². The summed E-state index contributed by atoms with van der Waals surface area (Å²) in [6.45, 7) is 1.73. The Morgan fingerprint density at radius 3 is 2.11 bits per heavy atom. The van der Waals surface area contributed by atoms with Gasteiger partial charge in [0.2, 0.25) is 17.8 Å². The van der Waals surface area contributed by atoms with Crippen molar-refractivity contribution in [2.45, 2.75) is 26.2 Å². The first-order valence-corrected chi connectivity index (χ1v) is 21.6. The molecule has 0 spiro atoms. The van der Waals surface area contributed by atoms with Gasteiger partial charge in [-0.2, -0.15) is 15.0 Å². The number of Topliss-reactive ketones (excluding diaryl/α,β-unsaturated/α-hetero) is 1. The molecule has 1 aliphatic rings. The summed E-state index contributed by atoms with van der Waals surface area (Å²) in [5, 5.41) is 30.6. The first kappa shape index (κ1) is 44.4. The molecule has 6 N–H and O–H groups in total. The molecule has 1 aliphatic carbocycles. The Bertz CT molecular complexity index is 3020. The summed E-state index contributed by atoms with van der Waals surface area (Å²) in [5.74, 6) is -0.113. The van der Waals surface area contributed by atoms with Crippen LogP contribution < -0.4 is 31.1 Å². The van der Waals surface area contributed by atoms with Crippen molar-refractivity contribution in [3.63, 3.8) is 0 Å². The summed E-state index contributed by atoms with van der Waals surface area (Å²) < 4.78 is 6.42. The van der Waals surface area contributed by atoms with E-state index < -0.39 is 11.3 Å². The number of rotatable bonds is 17. The van der Waals surface area contributed by atoms with Crippen LogP contribution in [-0.2, 0) is 0 Å². The van der Waals surface area contributed by atoms with E-state index in [4.69, 9.17) is 51.1 Å². The number of H-pyrrole nitrogens is 1. The second-order valence-corrected chi connectivity index (χ2v) is 16.2. The van der Waals surface area contributed by atoms with Gasteiger partial charge < -0.3 is 40.8 Å². The molecule has 18 heteroatoms. The number of pyridine rings is 1. The molecule has 0 fully saturated rings. The Morgan fingerprint density at radius 2 is 1.39 bits per heavy atom. The molecule has 2 aromatic heterocycles. The number of carbonyl (C=O) groups is 2. The predicted molar refractivity (Wildman–Crippen MR) is 253 cm³/mol. The third kappa shape index (κ3) is 8.93. The van der Waals surface area contributed by atoms with Crippen molar-refractivity contribution in [3.05, 3.63) is 138 Å². The van der Waals surface area contributed by atoms with E-state index in [2.05, 4.69) is 35.9 Å². The average molecular weight is 941 g/mol. The van der Waals surface area contributed by atoms with E-state index in [1.807, 2.05) is 6.92 Å². The van der Waals surface area contributed by atoms with Gasteiger partial charge in [-0.3, -0.25) is 14.4 Å². The molecule has 8 rings (SSSR count). The first-order chi connectivity index (χ1) is 31.0. The molecular formula is C46H38Cl4N8O6. The number of nitrogens with zero attached hydrogens (tertiary/aromatic N) is 4. The standard InChI is InChI=1S/C46H38Cl4N8O6/c1-2-3-14-33(61)39-37-25-9-8-12-29(50)36(25)42(62)38-32(23-35(41(40(37)38)54-43(39)63)64-34-15-7-5-11-28(34)49)52-31-22-24(16-17-27(31)48)51-44-55-45(53-30-13-6-4-10-26(30)47)57-46(56-44)58(18-20-59)19-21-60/h4-13,15-17,22-23,52,59-60H,2-3,14,18-21H2,1H3,(H,54,63)(H2,51,53,55,56,57). The van der Waals surface area contributed by atoms with Gasteiger partial charge in [0.05, 0.1) is 67.0 Å². The number of carbonyl (C=O) groups excluding carboxylic acids is 2. The molecule has 0 amide bonds. The van der Waals surface area contributed by atoms with Crippen LogP contribution in [0.2, 0.25) is 20.1 Å². The molecule has 0 unspecified atom stereocenters. The number of para-hydroxylation sites is 2. The monoisotopic (exact) mass is 938 g/mol. The fourth-order valence-electron chi connectivity index (χ4n) is 7.42. The number of benzene rings is 5. The minimum atomic E-state index is -0.649. The molecule has 0 radical (unpaired) electrons. The number of anilines is 7. The van der Waals surface area contributed by atoms with E-state index in [9.17, 15) is 24.6 Å². The van der Waals surface area contributed by atoms with Crippen molar-refractivity contribution in [1.82, 2.24) is 19.9 Å². The Morgan fingerprint density at radius 1 is 0.703 bits per heavy atom. The Hall–Kier alpha value is -6.26. The number of hydrogen-bond acceptors (Lipinski definition) is 13. The Kier molecular flexibility index (Phi) is 13.3. The molecule has 326 valence electrons. The largest absolute Gasteiger partial charge is 0.454 e.